The molecule has 2 heterocycles. The summed E-state index contributed by atoms with van der Waals surface area (Å²) in [5.74, 6) is 1.18. The van der Waals surface area contributed by atoms with Gasteiger partial charge in [0.1, 0.15) is 25.3 Å². The third-order valence-corrected chi connectivity index (χ3v) is 14.0. The quantitative estimate of drug-likeness (QED) is 0.125. The number of rotatable bonds is 10. The summed E-state index contributed by atoms with van der Waals surface area (Å²) in [4.78, 5) is 30.7. The van der Waals surface area contributed by atoms with E-state index in [1.54, 1.807) is 25.3 Å². The van der Waals surface area contributed by atoms with Gasteiger partial charge in [0.2, 0.25) is 11.9 Å². The standard InChI is InChI=1S/C62H54N8/c1-39-25-40(2)28-49(27-39)69(59-65-35-63-36-66-59)47-19-23-53-51-21-17-45(31-55(51)61(5,6)57(53)33-47)15-13-43-9-11-44(12-10-43)14-16-46-18-22-52-54-24-20-48(34-58(54)62(7,8)56(52)32-46)70(60-67-37-64-38-68-60)50-29-41(3)26-42(4)30-50/h9-38H,1-8H3. The van der Waals surface area contributed by atoms with Gasteiger partial charge in [-0.3, -0.25) is 9.80 Å². The molecule has 0 radical (unpaired) electrons. The van der Waals surface area contributed by atoms with E-state index in [1.807, 2.05) is 0 Å². The summed E-state index contributed by atoms with van der Waals surface area (Å²) < 4.78 is 0. The highest BCUT2D eigenvalue weighted by molar-refractivity contribution is 5.88. The first-order valence-electron chi connectivity index (χ1n) is 23.9. The minimum absolute atomic E-state index is 0.215. The molecule has 70 heavy (non-hydrogen) atoms. The van der Waals surface area contributed by atoms with Crippen LogP contribution in [0.15, 0.2) is 159 Å². The molecular formula is C62H54N8. The molecule has 0 saturated heterocycles. The van der Waals surface area contributed by atoms with Crippen molar-refractivity contribution in [2.75, 3.05) is 9.80 Å². The fourth-order valence-corrected chi connectivity index (χ4v) is 10.7. The molecule has 7 aromatic carbocycles. The summed E-state index contributed by atoms with van der Waals surface area (Å²) in [7, 11) is 0. The van der Waals surface area contributed by atoms with Crippen LogP contribution < -0.4 is 9.80 Å². The molecule has 0 bridgehead atoms. The van der Waals surface area contributed by atoms with Gasteiger partial charge in [-0.05, 0) is 165 Å². The zero-order valence-corrected chi connectivity index (χ0v) is 40.9. The summed E-state index contributed by atoms with van der Waals surface area (Å²) >= 11 is 0. The van der Waals surface area contributed by atoms with Gasteiger partial charge in [0.25, 0.3) is 0 Å². The van der Waals surface area contributed by atoms with Crippen LogP contribution in [0.3, 0.4) is 0 Å². The number of nitrogens with zero attached hydrogens (tertiary/aromatic N) is 8. The van der Waals surface area contributed by atoms with Crippen molar-refractivity contribution in [2.24, 2.45) is 0 Å². The number of hydrogen-bond donors (Lipinski definition) is 0. The van der Waals surface area contributed by atoms with E-state index in [0.29, 0.717) is 11.9 Å². The smallest absolute Gasteiger partial charge is 0.237 e. The Kier molecular flexibility index (Phi) is 10.9. The van der Waals surface area contributed by atoms with Crippen LogP contribution in [0.2, 0.25) is 0 Å². The number of benzene rings is 7. The molecule has 0 saturated carbocycles. The minimum atomic E-state index is -0.215. The van der Waals surface area contributed by atoms with Crippen molar-refractivity contribution < 1.29 is 0 Å². The number of aryl methyl sites for hydroxylation is 4. The maximum atomic E-state index is 4.57. The van der Waals surface area contributed by atoms with Gasteiger partial charge < -0.3 is 0 Å². The molecule has 342 valence electrons. The molecule has 2 aliphatic rings. The SMILES string of the molecule is Cc1cc(C)cc(N(c2ccc3c(c2)C(C)(C)c2cc(C=Cc4ccc(C=Cc5ccc6c(c5)C(C)(C)c5cc(N(c7cc(C)cc(C)c7)c7ncncn7)ccc5-6)cc4)ccc2-3)c2ncncn2)c1. The van der Waals surface area contributed by atoms with E-state index in [2.05, 4.69) is 253 Å². The average molecular weight is 911 g/mol. The molecule has 0 atom stereocenters. The lowest BCUT2D eigenvalue weighted by molar-refractivity contribution is 0.660. The molecule has 0 aliphatic heterocycles. The lowest BCUT2D eigenvalue weighted by Crippen LogP contribution is -2.17. The summed E-state index contributed by atoms with van der Waals surface area (Å²) in [5.41, 5.74) is 23.3. The lowest BCUT2D eigenvalue weighted by atomic mass is 9.81. The molecular weight excluding hydrogens is 857 g/mol. The number of fused-ring (bicyclic) bond motifs is 6. The Morgan fingerprint density at radius 3 is 0.986 bits per heavy atom. The Bertz CT molecular complexity index is 3260. The van der Waals surface area contributed by atoms with E-state index in [4.69, 9.17) is 0 Å². The van der Waals surface area contributed by atoms with Crippen molar-refractivity contribution in [1.29, 1.82) is 0 Å². The van der Waals surface area contributed by atoms with E-state index in [1.165, 1.54) is 77.9 Å². The van der Waals surface area contributed by atoms with E-state index in [-0.39, 0.29) is 10.8 Å². The molecule has 0 fully saturated rings. The summed E-state index contributed by atoms with van der Waals surface area (Å²) in [6, 6.07) is 49.1. The van der Waals surface area contributed by atoms with Gasteiger partial charge in [-0.1, -0.05) is 137 Å². The third-order valence-electron chi connectivity index (χ3n) is 14.0. The van der Waals surface area contributed by atoms with Crippen LogP contribution in [0.25, 0.3) is 46.6 Å². The second-order valence-electron chi connectivity index (χ2n) is 19.9. The molecule has 0 spiro atoms. The predicted molar refractivity (Wildman–Crippen MR) is 287 cm³/mol. The van der Waals surface area contributed by atoms with E-state index >= 15 is 0 Å². The highest BCUT2D eigenvalue weighted by Gasteiger charge is 2.38. The monoisotopic (exact) mass is 910 g/mol. The molecule has 0 unspecified atom stereocenters. The van der Waals surface area contributed by atoms with Crippen molar-refractivity contribution in [3.63, 3.8) is 0 Å². The van der Waals surface area contributed by atoms with Crippen molar-refractivity contribution in [1.82, 2.24) is 29.9 Å². The second-order valence-corrected chi connectivity index (χ2v) is 19.9. The Balaban J connectivity index is 0.801. The van der Waals surface area contributed by atoms with Crippen LogP contribution in [0.1, 0.15) is 94.5 Å². The molecule has 8 heteroatoms. The minimum Gasteiger partial charge on any atom is -0.279 e. The van der Waals surface area contributed by atoms with Crippen LogP contribution in [0.5, 0.6) is 0 Å². The van der Waals surface area contributed by atoms with Crippen LogP contribution in [-0.2, 0) is 10.8 Å². The highest BCUT2D eigenvalue weighted by Crippen LogP contribution is 2.52. The largest absolute Gasteiger partial charge is 0.279 e. The Labute approximate surface area is 410 Å². The van der Waals surface area contributed by atoms with Gasteiger partial charge in [-0.15, -0.1) is 0 Å². The van der Waals surface area contributed by atoms with Gasteiger partial charge in [-0.2, -0.15) is 0 Å². The van der Waals surface area contributed by atoms with Gasteiger partial charge >= 0.3 is 0 Å². The van der Waals surface area contributed by atoms with Crippen molar-refractivity contribution >= 4 is 59.0 Å². The number of hydrogen-bond acceptors (Lipinski definition) is 8. The zero-order valence-electron chi connectivity index (χ0n) is 40.9. The van der Waals surface area contributed by atoms with E-state index in [9.17, 15) is 0 Å². The number of anilines is 6. The zero-order chi connectivity index (χ0) is 48.3. The first-order chi connectivity index (χ1) is 33.8. The molecule has 2 aromatic heterocycles. The molecule has 2 aliphatic carbocycles. The summed E-state index contributed by atoms with van der Waals surface area (Å²) in [6.07, 6.45) is 15.1. The Hall–Kier alpha value is -8.36. The molecule has 8 nitrogen and oxygen atoms in total. The number of aromatic nitrogens is 6. The van der Waals surface area contributed by atoms with Gasteiger partial charge in [0, 0.05) is 33.6 Å². The molecule has 0 amide bonds. The normalized spacial score (nSPS) is 13.8. The molecule has 11 rings (SSSR count). The fourth-order valence-electron chi connectivity index (χ4n) is 10.7. The van der Waals surface area contributed by atoms with Gasteiger partial charge in [0.15, 0.2) is 0 Å². The first kappa shape index (κ1) is 44.2. The second kappa shape index (κ2) is 17.3. The van der Waals surface area contributed by atoms with E-state index < -0.39 is 0 Å². The fraction of sp³-hybridized carbons (Fsp3) is 0.161. The maximum Gasteiger partial charge on any atom is 0.237 e. The van der Waals surface area contributed by atoms with Crippen LogP contribution >= 0.6 is 0 Å². The first-order valence-corrected chi connectivity index (χ1v) is 23.9. The van der Waals surface area contributed by atoms with Crippen molar-refractivity contribution in [2.45, 2.75) is 66.2 Å². The van der Waals surface area contributed by atoms with Crippen LogP contribution in [0, 0.1) is 27.7 Å². The van der Waals surface area contributed by atoms with Crippen molar-refractivity contribution in [3.05, 3.63) is 226 Å². The van der Waals surface area contributed by atoms with Crippen LogP contribution in [0.4, 0.5) is 34.6 Å². The highest BCUT2D eigenvalue weighted by atomic mass is 15.3. The summed E-state index contributed by atoms with van der Waals surface area (Å²) in [5, 5.41) is 0. The van der Waals surface area contributed by atoms with Gasteiger partial charge in [0.05, 0.1) is 0 Å². The third kappa shape index (κ3) is 8.05. The topological polar surface area (TPSA) is 83.8 Å². The molecule has 9 aromatic rings. The molecule has 0 N–H and O–H groups in total. The Morgan fingerprint density at radius 2 is 0.629 bits per heavy atom. The maximum absolute atomic E-state index is 4.57. The Morgan fingerprint density at radius 1 is 0.329 bits per heavy atom. The van der Waals surface area contributed by atoms with Crippen LogP contribution in [-0.4, -0.2) is 29.9 Å². The van der Waals surface area contributed by atoms with E-state index in [0.717, 1.165) is 33.9 Å². The van der Waals surface area contributed by atoms with Crippen molar-refractivity contribution in [3.8, 4) is 22.3 Å². The average Bonchev–Trinajstić information content (AvgIpc) is 3.71. The lowest BCUT2D eigenvalue weighted by Gasteiger charge is -2.27. The predicted octanol–water partition coefficient (Wildman–Crippen LogP) is 15.2. The summed E-state index contributed by atoms with van der Waals surface area (Å²) in [6.45, 7) is 17.8. The van der Waals surface area contributed by atoms with Gasteiger partial charge in [-0.25, -0.2) is 29.9 Å².